The van der Waals surface area contributed by atoms with Gasteiger partial charge in [0.05, 0.1) is 36.4 Å². The van der Waals surface area contributed by atoms with Gasteiger partial charge in [-0.25, -0.2) is 0 Å². The summed E-state index contributed by atoms with van der Waals surface area (Å²) in [7, 11) is 0. The van der Waals surface area contributed by atoms with Gasteiger partial charge in [0.2, 0.25) is 0 Å². The first-order valence-electron chi connectivity index (χ1n) is 10.8. The molecule has 0 radical (unpaired) electrons. The van der Waals surface area contributed by atoms with E-state index in [2.05, 4.69) is 6.92 Å². The number of rotatable bonds is 8. The molecule has 1 rings (SSSR count). The summed E-state index contributed by atoms with van der Waals surface area (Å²) in [5.41, 5.74) is -2.04. The van der Waals surface area contributed by atoms with Crippen molar-refractivity contribution in [2.24, 2.45) is 17.8 Å². The van der Waals surface area contributed by atoms with E-state index < -0.39 is 59.7 Å². The lowest BCUT2D eigenvalue weighted by Crippen LogP contribution is -2.56. The molecule has 0 unspecified atom stereocenters. The van der Waals surface area contributed by atoms with E-state index in [4.69, 9.17) is 9.47 Å². The summed E-state index contributed by atoms with van der Waals surface area (Å²) in [5.74, 6) is -4.62. The molecule has 0 amide bonds. The van der Waals surface area contributed by atoms with Gasteiger partial charge in [-0.2, -0.15) is 0 Å². The zero-order valence-corrected chi connectivity index (χ0v) is 18.7. The molecule has 174 valence electrons. The van der Waals surface area contributed by atoms with E-state index in [9.17, 15) is 30.0 Å². The molecular formula is C22H38O8. The van der Waals surface area contributed by atoms with Crippen LogP contribution in [-0.2, 0) is 19.1 Å². The Morgan fingerprint density at radius 3 is 2.43 bits per heavy atom. The van der Waals surface area contributed by atoms with E-state index in [0.29, 0.717) is 6.42 Å². The maximum atomic E-state index is 12.7. The predicted octanol–water partition coefficient (Wildman–Crippen LogP) is 1.68. The van der Waals surface area contributed by atoms with E-state index in [1.54, 1.807) is 0 Å². The largest absolute Gasteiger partial charge is 0.461 e. The van der Waals surface area contributed by atoms with Gasteiger partial charge in [0.25, 0.3) is 0 Å². The number of cyclic esters (lactones) is 1. The maximum Gasteiger partial charge on any atom is 0.317 e. The smallest absolute Gasteiger partial charge is 0.317 e. The first kappa shape index (κ1) is 26.6. The van der Waals surface area contributed by atoms with Crippen LogP contribution in [0.25, 0.3) is 0 Å². The average Bonchev–Trinajstić information content (AvgIpc) is 2.69. The van der Waals surface area contributed by atoms with Crippen molar-refractivity contribution in [3.05, 3.63) is 12.3 Å². The fraction of sp³-hybridized carbons (Fsp3) is 0.818. The van der Waals surface area contributed by atoms with Crippen molar-refractivity contribution in [3.63, 3.8) is 0 Å². The van der Waals surface area contributed by atoms with E-state index >= 15 is 0 Å². The molecule has 1 fully saturated rings. The third kappa shape index (κ3) is 6.77. The molecule has 0 bridgehead atoms. The van der Waals surface area contributed by atoms with Gasteiger partial charge in [-0.1, -0.05) is 39.5 Å². The molecule has 1 aliphatic rings. The molecule has 0 aromatic rings. The first-order valence-corrected chi connectivity index (χ1v) is 10.8. The average molecular weight is 431 g/mol. The Kier molecular flexibility index (Phi) is 10.4. The third-order valence-corrected chi connectivity index (χ3v) is 6.03. The molecule has 4 N–H and O–H groups in total. The standard InChI is InChI=1S/C22H38O8/c1-6-7-8-9-10-16(23)11-12-29-21(27)17-13(2)18(24)22(5,28)19(25)14(3)20(26)30-15(17)4/h11-19,23-25,28H,6-10H2,1-5H3/b12-11+/t13-,14+,15-,16-,17-,18-,19+,22-/m1/s1. The number of carbonyl (C=O) groups excluding carboxylic acids is 2. The molecule has 0 aromatic heterocycles. The van der Waals surface area contributed by atoms with Gasteiger partial charge in [-0.3, -0.25) is 9.59 Å². The van der Waals surface area contributed by atoms with Crippen LogP contribution in [0.3, 0.4) is 0 Å². The van der Waals surface area contributed by atoms with Crippen LogP contribution in [0.4, 0.5) is 0 Å². The second-order valence-electron chi connectivity index (χ2n) is 8.61. The summed E-state index contributed by atoms with van der Waals surface area (Å²) in [5, 5.41) is 41.6. The second kappa shape index (κ2) is 11.8. The summed E-state index contributed by atoms with van der Waals surface area (Å²) in [4.78, 5) is 25.0. The number of aliphatic hydroxyl groups is 4. The molecule has 30 heavy (non-hydrogen) atoms. The summed E-state index contributed by atoms with van der Waals surface area (Å²) in [6, 6.07) is 0. The summed E-state index contributed by atoms with van der Waals surface area (Å²) in [6.45, 7) is 7.72. The minimum atomic E-state index is -2.04. The fourth-order valence-corrected chi connectivity index (χ4v) is 3.89. The number of esters is 2. The highest BCUT2D eigenvalue weighted by Gasteiger charge is 2.51. The lowest BCUT2D eigenvalue weighted by Gasteiger charge is -2.38. The van der Waals surface area contributed by atoms with E-state index in [1.165, 1.54) is 33.8 Å². The molecule has 0 spiro atoms. The first-order chi connectivity index (χ1) is 13.9. The van der Waals surface area contributed by atoms with Crippen molar-refractivity contribution < 1.29 is 39.5 Å². The van der Waals surface area contributed by atoms with Crippen molar-refractivity contribution in [2.45, 2.75) is 96.7 Å². The van der Waals surface area contributed by atoms with Gasteiger partial charge in [0.1, 0.15) is 11.7 Å². The van der Waals surface area contributed by atoms with Crippen molar-refractivity contribution in [3.8, 4) is 0 Å². The molecule has 0 aromatic carbocycles. The molecule has 8 nitrogen and oxygen atoms in total. The number of aliphatic hydroxyl groups excluding tert-OH is 3. The molecule has 0 saturated carbocycles. The van der Waals surface area contributed by atoms with Crippen molar-refractivity contribution in [1.29, 1.82) is 0 Å². The molecule has 8 atom stereocenters. The lowest BCUT2D eigenvalue weighted by atomic mass is 9.75. The molecule has 1 saturated heterocycles. The Labute approximate surface area is 178 Å². The van der Waals surface area contributed by atoms with E-state index in [-0.39, 0.29) is 0 Å². The van der Waals surface area contributed by atoms with Gasteiger partial charge in [-0.15, -0.1) is 0 Å². The summed E-state index contributed by atoms with van der Waals surface area (Å²) in [6.07, 6.45) is 2.32. The number of hydrogen-bond acceptors (Lipinski definition) is 8. The molecule has 1 aliphatic heterocycles. The van der Waals surface area contributed by atoms with E-state index in [0.717, 1.165) is 31.9 Å². The Hall–Kier alpha value is -1.48. The van der Waals surface area contributed by atoms with Crippen LogP contribution in [0.1, 0.15) is 66.7 Å². The van der Waals surface area contributed by atoms with Crippen LogP contribution < -0.4 is 0 Å². The number of hydrogen-bond donors (Lipinski definition) is 4. The van der Waals surface area contributed by atoms with Crippen LogP contribution >= 0.6 is 0 Å². The zero-order chi connectivity index (χ0) is 23.1. The van der Waals surface area contributed by atoms with Crippen molar-refractivity contribution in [2.75, 3.05) is 0 Å². The molecule has 8 heteroatoms. The van der Waals surface area contributed by atoms with Gasteiger partial charge in [0.15, 0.2) is 0 Å². The lowest BCUT2D eigenvalue weighted by molar-refractivity contribution is -0.177. The Bertz CT molecular complexity index is 588. The van der Waals surface area contributed by atoms with Gasteiger partial charge in [0, 0.05) is 5.92 Å². The van der Waals surface area contributed by atoms with E-state index in [1.807, 2.05) is 0 Å². The second-order valence-corrected chi connectivity index (χ2v) is 8.61. The van der Waals surface area contributed by atoms with Crippen LogP contribution in [0.5, 0.6) is 0 Å². The van der Waals surface area contributed by atoms with Gasteiger partial charge >= 0.3 is 11.9 Å². The third-order valence-electron chi connectivity index (χ3n) is 6.03. The van der Waals surface area contributed by atoms with Crippen LogP contribution in [0.15, 0.2) is 12.3 Å². The molecule has 0 aliphatic carbocycles. The topological polar surface area (TPSA) is 134 Å². The quantitative estimate of drug-likeness (QED) is 0.260. The highest BCUT2D eigenvalue weighted by Crippen LogP contribution is 2.34. The zero-order valence-electron chi connectivity index (χ0n) is 18.7. The van der Waals surface area contributed by atoms with Crippen LogP contribution in [-0.4, -0.2) is 62.4 Å². The van der Waals surface area contributed by atoms with Crippen LogP contribution in [0.2, 0.25) is 0 Å². The molecule has 1 heterocycles. The van der Waals surface area contributed by atoms with Gasteiger partial charge < -0.3 is 29.9 Å². The highest BCUT2D eigenvalue weighted by molar-refractivity contribution is 5.77. The van der Waals surface area contributed by atoms with Crippen LogP contribution in [0, 0.1) is 17.8 Å². The van der Waals surface area contributed by atoms with Crippen molar-refractivity contribution >= 4 is 11.9 Å². The number of ether oxygens (including phenoxy) is 2. The summed E-state index contributed by atoms with van der Waals surface area (Å²) < 4.78 is 10.4. The predicted molar refractivity (Wildman–Crippen MR) is 110 cm³/mol. The number of unbranched alkanes of at least 4 members (excludes halogenated alkanes) is 3. The highest BCUT2D eigenvalue weighted by atomic mass is 16.6. The molecular weight excluding hydrogens is 392 g/mol. The Morgan fingerprint density at radius 1 is 1.20 bits per heavy atom. The summed E-state index contributed by atoms with van der Waals surface area (Å²) >= 11 is 0. The normalized spacial score (nSPS) is 36.5. The fourth-order valence-electron chi connectivity index (χ4n) is 3.89. The van der Waals surface area contributed by atoms with Crippen molar-refractivity contribution in [1.82, 2.24) is 0 Å². The Balaban J connectivity index is 2.89. The minimum absolute atomic E-state index is 0.555. The number of carbonyl (C=O) groups is 2. The minimum Gasteiger partial charge on any atom is -0.461 e. The Morgan fingerprint density at radius 2 is 1.83 bits per heavy atom. The SMILES string of the molecule is CCCCCC[C@@H](O)/C=C/OC(=O)[C@@H]1[C@@H](C)[C@@H](O)[C@@](C)(O)[C@@H](O)[C@H](C)C(=O)O[C@@H]1C. The monoisotopic (exact) mass is 430 g/mol. The van der Waals surface area contributed by atoms with Gasteiger partial charge in [-0.05, 0) is 33.3 Å². The maximum absolute atomic E-state index is 12.7.